The van der Waals surface area contributed by atoms with E-state index in [1.165, 1.54) is 6.07 Å². The van der Waals surface area contributed by atoms with Gasteiger partial charge in [-0.05, 0) is 18.9 Å². The van der Waals surface area contributed by atoms with Crippen molar-refractivity contribution < 1.29 is 4.74 Å². The molecule has 0 radical (unpaired) electrons. The van der Waals surface area contributed by atoms with E-state index in [1.807, 2.05) is 24.3 Å². The Kier molecular flexibility index (Phi) is 3.05. The van der Waals surface area contributed by atoms with Gasteiger partial charge in [0.15, 0.2) is 0 Å². The van der Waals surface area contributed by atoms with Crippen molar-refractivity contribution in [3.63, 3.8) is 0 Å². The van der Waals surface area contributed by atoms with Gasteiger partial charge in [-0.15, -0.1) is 0 Å². The second-order valence-corrected chi connectivity index (χ2v) is 4.66. The van der Waals surface area contributed by atoms with Crippen LogP contribution in [0.2, 0.25) is 0 Å². The number of aromatic nitrogens is 2. The summed E-state index contributed by atoms with van der Waals surface area (Å²) in [5, 5.41) is 0. The van der Waals surface area contributed by atoms with Crippen molar-refractivity contribution in [1.82, 2.24) is 9.97 Å². The van der Waals surface area contributed by atoms with Crippen molar-refractivity contribution >= 4 is 0 Å². The van der Waals surface area contributed by atoms with Crippen molar-refractivity contribution in [2.24, 2.45) is 5.73 Å². The SMILES string of the molecule is NCc1ccccc1Oc1cc(=O)[nH]c(C2CC2)n1. The zero-order valence-electron chi connectivity index (χ0n) is 10.4. The summed E-state index contributed by atoms with van der Waals surface area (Å²) in [4.78, 5) is 18.7. The topological polar surface area (TPSA) is 81.0 Å². The van der Waals surface area contributed by atoms with E-state index in [1.54, 1.807) is 0 Å². The highest BCUT2D eigenvalue weighted by Gasteiger charge is 2.26. The zero-order valence-corrected chi connectivity index (χ0v) is 10.4. The van der Waals surface area contributed by atoms with Crippen LogP contribution in [0.3, 0.4) is 0 Å². The van der Waals surface area contributed by atoms with Gasteiger partial charge in [0.05, 0.1) is 6.07 Å². The van der Waals surface area contributed by atoms with Crippen LogP contribution < -0.4 is 16.0 Å². The fourth-order valence-corrected chi connectivity index (χ4v) is 1.94. The standard InChI is InChI=1S/C14H15N3O2/c15-8-10-3-1-2-4-11(10)19-13-7-12(18)16-14(17-13)9-5-6-9/h1-4,7,9H,5-6,8,15H2,(H,16,17,18). The Morgan fingerprint density at radius 3 is 2.89 bits per heavy atom. The molecule has 5 nitrogen and oxygen atoms in total. The number of para-hydroxylation sites is 1. The molecule has 3 N–H and O–H groups in total. The van der Waals surface area contributed by atoms with Crippen molar-refractivity contribution in [1.29, 1.82) is 0 Å². The Bertz CT molecular complexity index is 647. The molecule has 1 aliphatic rings. The first-order valence-corrected chi connectivity index (χ1v) is 6.33. The highest BCUT2D eigenvalue weighted by molar-refractivity contribution is 5.35. The number of H-pyrrole nitrogens is 1. The third-order valence-electron chi connectivity index (χ3n) is 3.11. The van der Waals surface area contributed by atoms with E-state index in [9.17, 15) is 4.79 Å². The van der Waals surface area contributed by atoms with E-state index in [0.29, 0.717) is 29.9 Å². The molecular formula is C14H15N3O2. The van der Waals surface area contributed by atoms with Gasteiger partial charge in [-0.1, -0.05) is 18.2 Å². The molecule has 19 heavy (non-hydrogen) atoms. The second-order valence-electron chi connectivity index (χ2n) is 4.66. The third kappa shape index (κ3) is 2.66. The largest absolute Gasteiger partial charge is 0.438 e. The van der Waals surface area contributed by atoms with Crippen molar-refractivity contribution in [2.45, 2.75) is 25.3 Å². The molecule has 1 aliphatic carbocycles. The van der Waals surface area contributed by atoms with E-state index in [0.717, 1.165) is 18.4 Å². The summed E-state index contributed by atoms with van der Waals surface area (Å²) in [5.41, 5.74) is 6.36. The van der Waals surface area contributed by atoms with E-state index < -0.39 is 0 Å². The lowest BCUT2D eigenvalue weighted by molar-refractivity contribution is 0.452. The highest BCUT2D eigenvalue weighted by atomic mass is 16.5. The van der Waals surface area contributed by atoms with Crippen molar-refractivity contribution in [2.75, 3.05) is 0 Å². The summed E-state index contributed by atoms with van der Waals surface area (Å²) >= 11 is 0. The number of nitrogens with two attached hydrogens (primary N) is 1. The van der Waals surface area contributed by atoms with Gasteiger partial charge >= 0.3 is 0 Å². The number of hydrogen-bond acceptors (Lipinski definition) is 4. The van der Waals surface area contributed by atoms with E-state index in [-0.39, 0.29) is 5.56 Å². The van der Waals surface area contributed by atoms with Gasteiger partial charge in [-0.25, -0.2) is 0 Å². The molecule has 0 spiro atoms. The van der Waals surface area contributed by atoms with Crippen LogP contribution in [0, 0.1) is 0 Å². The average Bonchev–Trinajstić information content (AvgIpc) is 3.23. The Labute approximate surface area is 110 Å². The normalized spacial score (nSPS) is 14.4. The summed E-state index contributed by atoms with van der Waals surface area (Å²) < 4.78 is 5.69. The molecule has 0 atom stereocenters. The Morgan fingerprint density at radius 1 is 1.37 bits per heavy atom. The number of aromatic amines is 1. The molecule has 1 aromatic carbocycles. The monoisotopic (exact) mass is 257 g/mol. The number of hydrogen-bond donors (Lipinski definition) is 2. The van der Waals surface area contributed by atoms with Crippen LogP contribution in [0.5, 0.6) is 11.6 Å². The van der Waals surface area contributed by atoms with Gasteiger partial charge in [0.1, 0.15) is 11.6 Å². The fraction of sp³-hybridized carbons (Fsp3) is 0.286. The van der Waals surface area contributed by atoms with Crippen LogP contribution in [0.25, 0.3) is 0 Å². The van der Waals surface area contributed by atoms with Crippen LogP contribution in [0.1, 0.15) is 30.1 Å². The first kappa shape index (κ1) is 11.9. The van der Waals surface area contributed by atoms with Crippen LogP contribution in [-0.4, -0.2) is 9.97 Å². The minimum Gasteiger partial charge on any atom is -0.438 e. The summed E-state index contributed by atoms with van der Waals surface area (Å²) in [6.45, 7) is 0.384. The lowest BCUT2D eigenvalue weighted by atomic mass is 10.2. The van der Waals surface area contributed by atoms with Gasteiger partial charge in [-0.2, -0.15) is 4.98 Å². The van der Waals surface area contributed by atoms with Gasteiger partial charge in [0.2, 0.25) is 5.88 Å². The van der Waals surface area contributed by atoms with Crippen LogP contribution in [0.4, 0.5) is 0 Å². The molecule has 1 saturated carbocycles. The van der Waals surface area contributed by atoms with Crippen LogP contribution in [-0.2, 0) is 6.54 Å². The highest BCUT2D eigenvalue weighted by Crippen LogP contribution is 2.38. The molecule has 1 aromatic heterocycles. The van der Waals surface area contributed by atoms with Gasteiger partial charge in [-0.3, -0.25) is 4.79 Å². The smallest absolute Gasteiger partial charge is 0.254 e. The molecule has 0 amide bonds. The number of nitrogens with zero attached hydrogens (tertiary/aromatic N) is 1. The lowest BCUT2D eigenvalue weighted by Crippen LogP contribution is -2.10. The molecule has 5 heteroatoms. The summed E-state index contributed by atoms with van der Waals surface area (Å²) in [6, 6.07) is 8.84. The van der Waals surface area contributed by atoms with Gasteiger partial charge in [0.25, 0.3) is 5.56 Å². The summed E-state index contributed by atoms with van der Waals surface area (Å²) in [7, 11) is 0. The minimum atomic E-state index is -0.183. The molecule has 0 aliphatic heterocycles. The number of ether oxygens (including phenoxy) is 1. The van der Waals surface area contributed by atoms with E-state index in [4.69, 9.17) is 10.5 Å². The molecular weight excluding hydrogens is 242 g/mol. The quantitative estimate of drug-likeness (QED) is 0.876. The summed E-state index contributed by atoms with van der Waals surface area (Å²) in [6.07, 6.45) is 2.15. The predicted octanol–water partition coefficient (Wildman–Crippen LogP) is 1.90. The molecule has 0 unspecified atom stereocenters. The molecule has 3 rings (SSSR count). The minimum absolute atomic E-state index is 0.183. The maximum atomic E-state index is 11.6. The number of nitrogens with one attached hydrogen (secondary N) is 1. The first-order valence-electron chi connectivity index (χ1n) is 6.33. The van der Waals surface area contributed by atoms with E-state index >= 15 is 0 Å². The fourth-order valence-electron chi connectivity index (χ4n) is 1.94. The Hall–Kier alpha value is -2.14. The predicted molar refractivity (Wildman–Crippen MR) is 71.2 cm³/mol. The number of benzene rings is 1. The van der Waals surface area contributed by atoms with Crippen LogP contribution >= 0.6 is 0 Å². The van der Waals surface area contributed by atoms with Crippen molar-refractivity contribution in [3.8, 4) is 11.6 Å². The molecule has 0 bridgehead atoms. The van der Waals surface area contributed by atoms with Crippen LogP contribution in [0.15, 0.2) is 35.1 Å². The average molecular weight is 257 g/mol. The third-order valence-corrected chi connectivity index (χ3v) is 3.11. The lowest BCUT2D eigenvalue weighted by Gasteiger charge is -2.09. The first-order chi connectivity index (χ1) is 9.26. The Morgan fingerprint density at radius 2 is 2.16 bits per heavy atom. The second kappa shape index (κ2) is 4.85. The molecule has 0 saturated heterocycles. The van der Waals surface area contributed by atoms with Gasteiger partial charge < -0.3 is 15.5 Å². The van der Waals surface area contributed by atoms with Gasteiger partial charge in [0, 0.05) is 18.0 Å². The van der Waals surface area contributed by atoms with E-state index in [2.05, 4.69) is 9.97 Å². The zero-order chi connectivity index (χ0) is 13.2. The maximum absolute atomic E-state index is 11.6. The molecule has 2 aromatic rings. The maximum Gasteiger partial charge on any atom is 0.254 e. The summed E-state index contributed by atoms with van der Waals surface area (Å²) in [5.74, 6) is 2.06. The molecule has 1 heterocycles. The Balaban J connectivity index is 1.92. The molecule has 1 fully saturated rings. The number of rotatable bonds is 4. The molecule has 98 valence electrons. The van der Waals surface area contributed by atoms with Crippen molar-refractivity contribution in [3.05, 3.63) is 52.1 Å².